The first-order valence-corrected chi connectivity index (χ1v) is 7.41. The van der Waals surface area contributed by atoms with Gasteiger partial charge in [0.05, 0.1) is 6.10 Å². The van der Waals surface area contributed by atoms with Crippen LogP contribution in [0.1, 0.15) is 38.8 Å². The lowest BCUT2D eigenvalue weighted by molar-refractivity contribution is 0.114. The van der Waals surface area contributed by atoms with E-state index in [1.807, 2.05) is 36.4 Å². The van der Waals surface area contributed by atoms with Crippen LogP contribution in [0.15, 0.2) is 60.7 Å². The Kier molecular flexibility index (Phi) is 4.64. The number of benzene rings is 2. The van der Waals surface area contributed by atoms with Crippen LogP contribution in [-0.4, -0.2) is 11.2 Å². The summed E-state index contributed by atoms with van der Waals surface area (Å²) in [5.41, 5.74) is 4.17. The maximum atomic E-state index is 10.9. The molecule has 21 heavy (non-hydrogen) atoms. The fourth-order valence-electron chi connectivity index (χ4n) is 2.47. The molecule has 2 aromatic rings. The molecule has 1 nitrogen and oxygen atoms in total. The molecule has 110 valence electrons. The van der Waals surface area contributed by atoms with E-state index < -0.39 is 6.10 Å². The lowest BCUT2D eigenvalue weighted by atomic mass is 9.79. The van der Waals surface area contributed by atoms with Crippen LogP contribution in [0.25, 0.3) is 11.1 Å². The summed E-state index contributed by atoms with van der Waals surface area (Å²) >= 11 is 0. The summed E-state index contributed by atoms with van der Waals surface area (Å²) < 4.78 is 0. The van der Waals surface area contributed by atoms with Crippen molar-refractivity contribution in [2.75, 3.05) is 0 Å². The van der Waals surface area contributed by atoms with E-state index in [4.69, 9.17) is 0 Å². The summed E-state index contributed by atoms with van der Waals surface area (Å²) in [7, 11) is 0. The highest BCUT2D eigenvalue weighted by atomic mass is 16.3. The van der Waals surface area contributed by atoms with Crippen molar-refractivity contribution < 1.29 is 5.11 Å². The third kappa shape index (κ3) is 3.62. The van der Waals surface area contributed by atoms with E-state index in [2.05, 4.69) is 52.0 Å². The zero-order chi connectivity index (χ0) is 15.5. The molecule has 0 aliphatic rings. The Morgan fingerprint density at radius 2 is 1.24 bits per heavy atom. The largest absolute Gasteiger partial charge is 0.388 e. The molecule has 0 fully saturated rings. The lowest BCUT2D eigenvalue weighted by Crippen LogP contribution is -2.28. The Labute approximate surface area is 128 Å². The van der Waals surface area contributed by atoms with Crippen LogP contribution in [-0.2, 0) is 0 Å². The number of rotatable bonds is 3. The van der Waals surface area contributed by atoms with Gasteiger partial charge in [0.15, 0.2) is 0 Å². The van der Waals surface area contributed by atoms with E-state index in [0.717, 1.165) is 22.3 Å². The van der Waals surface area contributed by atoms with Gasteiger partial charge in [-0.1, -0.05) is 81.4 Å². The first-order valence-electron chi connectivity index (χ1n) is 7.41. The number of hydrogen-bond donors (Lipinski definition) is 1. The van der Waals surface area contributed by atoms with Crippen molar-refractivity contribution in [3.8, 4) is 0 Å². The average molecular weight is 280 g/mol. The smallest absolute Gasteiger partial charge is 0.0846 e. The summed E-state index contributed by atoms with van der Waals surface area (Å²) in [6.07, 6.45) is -0.514. The number of hydrogen-bond acceptors (Lipinski definition) is 1. The minimum Gasteiger partial charge on any atom is -0.388 e. The van der Waals surface area contributed by atoms with Crippen LogP contribution in [0.2, 0.25) is 0 Å². The van der Waals surface area contributed by atoms with Crippen molar-refractivity contribution in [1.82, 2.24) is 0 Å². The minimum absolute atomic E-state index is 0.207. The SMILES string of the molecule is C/C(=C(\c1ccccc1)C(O)C(C)(C)C)c1ccccc1. The second kappa shape index (κ2) is 6.28. The van der Waals surface area contributed by atoms with Crippen molar-refractivity contribution >= 4 is 11.1 Å². The monoisotopic (exact) mass is 280 g/mol. The Morgan fingerprint density at radius 3 is 1.67 bits per heavy atom. The average Bonchev–Trinajstić information content (AvgIpc) is 2.48. The van der Waals surface area contributed by atoms with Crippen LogP contribution < -0.4 is 0 Å². The molecule has 0 amide bonds. The highest BCUT2D eigenvalue weighted by molar-refractivity contribution is 5.91. The molecule has 0 radical (unpaired) electrons. The molecule has 1 atom stereocenters. The van der Waals surface area contributed by atoms with Gasteiger partial charge in [-0.3, -0.25) is 0 Å². The van der Waals surface area contributed by atoms with Gasteiger partial charge in [0.1, 0.15) is 0 Å². The molecule has 1 heteroatoms. The zero-order valence-corrected chi connectivity index (χ0v) is 13.3. The molecule has 0 spiro atoms. The third-order valence-electron chi connectivity index (χ3n) is 3.79. The van der Waals surface area contributed by atoms with Crippen molar-refractivity contribution in [3.63, 3.8) is 0 Å². The molecule has 1 N–H and O–H groups in total. The number of aliphatic hydroxyl groups is 1. The molecule has 0 bridgehead atoms. The van der Waals surface area contributed by atoms with Gasteiger partial charge >= 0.3 is 0 Å². The molecule has 2 rings (SSSR count). The second-order valence-electron chi connectivity index (χ2n) is 6.54. The highest BCUT2D eigenvalue weighted by Crippen LogP contribution is 2.36. The Hall–Kier alpha value is -1.86. The molecule has 0 aliphatic carbocycles. The minimum atomic E-state index is -0.514. The fraction of sp³-hybridized carbons (Fsp3) is 0.300. The number of allylic oxidation sites excluding steroid dienone is 1. The molecule has 1 unspecified atom stereocenters. The molecule has 0 saturated heterocycles. The van der Waals surface area contributed by atoms with E-state index in [-0.39, 0.29) is 5.41 Å². The van der Waals surface area contributed by atoms with Crippen molar-refractivity contribution in [2.24, 2.45) is 5.41 Å². The molecule has 0 aliphatic heterocycles. The molecule has 0 saturated carbocycles. The molecular weight excluding hydrogens is 256 g/mol. The van der Waals surface area contributed by atoms with E-state index >= 15 is 0 Å². The normalized spacial score (nSPS) is 14.5. The molecule has 0 heterocycles. The lowest BCUT2D eigenvalue weighted by Gasteiger charge is -2.30. The predicted octanol–water partition coefficient (Wildman–Crippen LogP) is 5.02. The van der Waals surface area contributed by atoms with Crippen LogP contribution in [0.4, 0.5) is 0 Å². The predicted molar refractivity (Wildman–Crippen MR) is 90.8 cm³/mol. The van der Waals surface area contributed by atoms with Gasteiger partial charge in [0, 0.05) is 0 Å². The van der Waals surface area contributed by atoms with Gasteiger partial charge in [-0.15, -0.1) is 0 Å². The molecule has 0 aromatic heterocycles. The van der Waals surface area contributed by atoms with E-state index in [0.29, 0.717) is 0 Å². The van der Waals surface area contributed by atoms with E-state index in [9.17, 15) is 5.11 Å². The summed E-state index contributed by atoms with van der Waals surface area (Å²) in [6.45, 7) is 8.29. The van der Waals surface area contributed by atoms with Gasteiger partial charge in [0.25, 0.3) is 0 Å². The van der Waals surface area contributed by atoms with Crippen molar-refractivity contribution in [2.45, 2.75) is 33.8 Å². The summed E-state index contributed by atoms with van der Waals surface area (Å²) in [5, 5.41) is 10.9. The van der Waals surface area contributed by atoms with Crippen LogP contribution >= 0.6 is 0 Å². The van der Waals surface area contributed by atoms with Crippen LogP contribution in [0.5, 0.6) is 0 Å². The summed E-state index contributed by atoms with van der Waals surface area (Å²) in [5.74, 6) is 0. The Balaban J connectivity index is 2.62. The number of aliphatic hydroxyl groups excluding tert-OH is 1. The first kappa shape index (κ1) is 15.5. The van der Waals surface area contributed by atoms with Gasteiger partial charge in [-0.2, -0.15) is 0 Å². The Morgan fingerprint density at radius 1 is 0.810 bits per heavy atom. The van der Waals surface area contributed by atoms with Crippen molar-refractivity contribution in [1.29, 1.82) is 0 Å². The topological polar surface area (TPSA) is 20.2 Å². The van der Waals surface area contributed by atoms with E-state index in [1.54, 1.807) is 0 Å². The van der Waals surface area contributed by atoms with Gasteiger partial charge in [-0.05, 0) is 34.6 Å². The first-order chi connectivity index (χ1) is 9.91. The fourth-order valence-corrected chi connectivity index (χ4v) is 2.47. The maximum Gasteiger partial charge on any atom is 0.0846 e. The molecular formula is C20H24O. The summed E-state index contributed by atoms with van der Waals surface area (Å²) in [4.78, 5) is 0. The second-order valence-corrected chi connectivity index (χ2v) is 6.54. The van der Waals surface area contributed by atoms with Gasteiger partial charge in [-0.25, -0.2) is 0 Å². The maximum absolute atomic E-state index is 10.9. The van der Waals surface area contributed by atoms with Crippen molar-refractivity contribution in [3.05, 3.63) is 71.8 Å². The van der Waals surface area contributed by atoms with Gasteiger partial charge < -0.3 is 5.11 Å². The standard InChI is InChI=1S/C20H24O/c1-15(16-11-7-5-8-12-16)18(19(21)20(2,3)4)17-13-9-6-10-14-17/h5-14,19,21H,1-4H3/b18-15-. The zero-order valence-electron chi connectivity index (χ0n) is 13.3. The van der Waals surface area contributed by atoms with Crippen LogP contribution in [0, 0.1) is 5.41 Å². The van der Waals surface area contributed by atoms with Crippen LogP contribution in [0.3, 0.4) is 0 Å². The molecule has 2 aromatic carbocycles. The highest BCUT2D eigenvalue weighted by Gasteiger charge is 2.28. The van der Waals surface area contributed by atoms with E-state index in [1.165, 1.54) is 0 Å². The van der Waals surface area contributed by atoms with Gasteiger partial charge in [0.2, 0.25) is 0 Å². The quantitative estimate of drug-likeness (QED) is 0.782. The Bertz CT molecular complexity index is 603. The summed E-state index contributed by atoms with van der Waals surface area (Å²) in [6, 6.07) is 20.4. The third-order valence-corrected chi connectivity index (χ3v) is 3.79.